The quantitative estimate of drug-likeness (QED) is 0.591. The zero-order valence-electron chi connectivity index (χ0n) is 11.3. The second kappa shape index (κ2) is 6.23. The van der Waals surface area contributed by atoms with Crippen molar-refractivity contribution in [3.63, 3.8) is 0 Å². The Morgan fingerprint density at radius 1 is 1.19 bits per heavy atom. The maximum Gasteiger partial charge on any atom is 0.0405 e. The summed E-state index contributed by atoms with van der Waals surface area (Å²) in [7, 11) is 2.06. The molecule has 6 unspecified atom stereocenters. The molecular weight excluding hydrogens is 220 g/mol. The molecule has 1 saturated carbocycles. The molecule has 0 amide bonds. The molecule has 0 aromatic heterocycles. The molecule has 2 nitrogen and oxygen atoms in total. The van der Waals surface area contributed by atoms with Crippen molar-refractivity contribution in [2.75, 3.05) is 13.6 Å². The number of hydrogen-bond donors (Lipinski definition) is 2. The van der Waals surface area contributed by atoms with Gasteiger partial charge in [0.25, 0.3) is 0 Å². The second-order valence-electron chi connectivity index (χ2n) is 5.35. The Kier molecular flexibility index (Phi) is 5.55. The zero-order valence-corrected chi connectivity index (χ0v) is 12.0. The van der Waals surface area contributed by atoms with Crippen molar-refractivity contribution >= 4 is 11.6 Å². The molecule has 0 aromatic rings. The third kappa shape index (κ3) is 2.91. The highest BCUT2D eigenvalue weighted by atomic mass is 35.5. The standard InChI is InChI=1S/C13H27ClN2/c1-6-16-13-10(4)12(14)9(3)8(2)7-11(13)15-5/h8-13,15-16H,6-7H2,1-5H3. The lowest BCUT2D eigenvalue weighted by molar-refractivity contribution is 0.301. The van der Waals surface area contributed by atoms with Crippen molar-refractivity contribution in [2.45, 2.75) is 51.6 Å². The first kappa shape index (κ1) is 14.3. The first-order chi connectivity index (χ1) is 7.52. The van der Waals surface area contributed by atoms with E-state index in [2.05, 4.69) is 45.4 Å². The summed E-state index contributed by atoms with van der Waals surface area (Å²) >= 11 is 6.60. The molecule has 0 aromatic carbocycles. The molecular formula is C13H27ClN2. The summed E-state index contributed by atoms with van der Waals surface area (Å²) in [6.45, 7) is 10.1. The normalized spacial score (nSPS) is 45.4. The van der Waals surface area contributed by atoms with Crippen molar-refractivity contribution in [1.82, 2.24) is 10.6 Å². The molecule has 3 heteroatoms. The van der Waals surface area contributed by atoms with E-state index in [0.29, 0.717) is 29.8 Å². The summed E-state index contributed by atoms with van der Waals surface area (Å²) in [5, 5.41) is 7.33. The zero-order chi connectivity index (χ0) is 12.3. The van der Waals surface area contributed by atoms with Crippen LogP contribution < -0.4 is 10.6 Å². The van der Waals surface area contributed by atoms with Crippen LogP contribution in [0.1, 0.15) is 34.1 Å². The highest BCUT2D eigenvalue weighted by Gasteiger charge is 2.38. The monoisotopic (exact) mass is 246 g/mol. The SMILES string of the molecule is CCNC1C(NC)CC(C)C(C)C(Cl)C1C. The van der Waals surface area contributed by atoms with Crippen LogP contribution in [0, 0.1) is 17.8 Å². The Morgan fingerprint density at radius 2 is 1.81 bits per heavy atom. The lowest BCUT2D eigenvalue weighted by Crippen LogP contribution is -2.51. The summed E-state index contributed by atoms with van der Waals surface area (Å²) in [6, 6.07) is 1.03. The topological polar surface area (TPSA) is 24.1 Å². The largest absolute Gasteiger partial charge is 0.315 e. The molecule has 16 heavy (non-hydrogen) atoms. The van der Waals surface area contributed by atoms with Gasteiger partial charge in [0, 0.05) is 17.5 Å². The summed E-state index contributed by atoms with van der Waals surface area (Å²) in [4.78, 5) is 0. The molecule has 1 fully saturated rings. The van der Waals surface area contributed by atoms with Gasteiger partial charge in [-0.1, -0.05) is 27.7 Å². The molecule has 1 rings (SSSR count). The predicted molar refractivity (Wildman–Crippen MR) is 72.1 cm³/mol. The smallest absolute Gasteiger partial charge is 0.0405 e. The summed E-state index contributed by atoms with van der Waals surface area (Å²) in [5.41, 5.74) is 0. The molecule has 0 heterocycles. The van der Waals surface area contributed by atoms with E-state index in [0.717, 1.165) is 6.54 Å². The highest BCUT2D eigenvalue weighted by molar-refractivity contribution is 6.21. The molecule has 0 bridgehead atoms. The van der Waals surface area contributed by atoms with E-state index in [-0.39, 0.29) is 5.38 Å². The average molecular weight is 247 g/mol. The second-order valence-corrected chi connectivity index (χ2v) is 5.86. The van der Waals surface area contributed by atoms with Crippen LogP contribution in [-0.2, 0) is 0 Å². The van der Waals surface area contributed by atoms with Crippen LogP contribution in [0.3, 0.4) is 0 Å². The Labute approximate surface area is 106 Å². The van der Waals surface area contributed by atoms with Crippen LogP contribution >= 0.6 is 11.6 Å². The van der Waals surface area contributed by atoms with Crippen molar-refractivity contribution in [2.24, 2.45) is 17.8 Å². The van der Waals surface area contributed by atoms with Crippen LogP contribution in [0.5, 0.6) is 0 Å². The first-order valence-electron chi connectivity index (χ1n) is 6.57. The average Bonchev–Trinajstić information content (AvgIpc) is 2.35. The van der Waals surface area contributed by atoms with Gasteiger partial charge < -0.3 is 10.6 Å². The van der Waals surface area contributed by atoms with E-state index >= 15 is 0 Å². The van der Waals surface area contributed by atoms with Crippen LogP contribution in [0.4, 0.5) is 0 Å². The van der Waals surface area contributed by atoms with Gasteiger partial charge in [0.2, 0.25) is 0 Å². The van der Waals surface area contributed by atoms with Gasteiger partial charge in [-0.3, -0.25) is 0 Å². The maximum atomic E-state index is 6.60. The number of likely N-dealkylation sites (N-methyl/N-ethyl adjacent to an activating group) is 2. The molecule has 1 aliphatic rings. The van der Waals surface area contributed by atoms with Crippen LogP contribution in [0.15, 0.2) is 0 Å². The van der Waals surface area contributed by atoms with Gasteiger partial charge in [-0.15, -0.1) is 11.6 Å². The predicted octanol–water partition coefficient (Wildman–Crippen LogP) is 2.47. The van der Waals surface area contributed by atoms with Crippen molar-refractivity contribution in [1.29, 1.82) is 0 Å². The van der Waals surface area contributed by atoms with Gasteiger partial charge in [-0.05, 0) is 37.8 Å². The number of rotatable bonds is 3. The van der Waals surface area contributed by atoms with Crippen molar-refractivity contribution in [3.8, 4) is 0 Å². The highest BCUT2D eigenvalue weighted by Crippen LogP contribution is 2.35. The number of alkyl halides is 1. The van der Waals surface area contributed by atoms with E-state index in [1.807, 2.05) is 0 Å². The first-order valence-corrected chi connectivity index (χ1v) is 7.01. The fraction of sp³-hybridized carbons (Fsp3) is 1.00. The molecule has 0 saturated heterocycles. The van der Waals surface area contributed by atoms with Crippen molar-refractivity contribution < 1.29 is 0 Å². The molecule has 2 N–H and O–H groups in total. The fourth-order valence-electron chi connectivity index (χ4n) is 2.98. The summed E-state index contributed by atoms with van der Waals surface area (Å²) in [5.74, 6) is 1.79. The number of nitrogens with one attached hydrogen (secondary N) is 2. The minimum absolute atomic E-state index is 0.275. The van der Waals surface area contributed by atoms with E-state index in [9.17, 15) is 0 Å². The van der Waals surface area contributed by atoms with Gasteiger partial charge in [-0.25, -0.2) is 0 Å². The minimum Gasteiger partial charge on any atom is -0.315 e. The summed E-state index contributed by atoms with van der Waals surface area (Å²) in [6.07, 6.45) is 1.21. The third-order valence-corrected chi connectivity index (χ3v) is 5.13. The lowest BCUT2D eigenvalue weighted by Gasteiger charge is -2.32. The molecule has 0 aliphatic heterocycles. The minimum atomic E-state index is 0.275. The summed E-state index contributed by atoms with van der Waals surface area (Å²) < 4.78 is 0. The Bertz CT molecular complexity index is 208. The Hall–Kier alpha value is 0.210. The lowest BCUT2D eigenvalue weighted by atomic mass is 9.88. The fourth-order valence-corrected chi connectivity index (χ4v) is 3.39. The molecule has 6 atom stereocenters. The van der Waals surface area contributed by atoms with Crippen LogP contribution in [-0.4, -0.2) is 31.1 Å². The third-order valence-electron chi connectivity index (χ3n) is 4.34. The van der Waals surface area contributed by atoms with Crippen LogP contribution in [0.25, 0.3) is 0 Å². The molecule has 1 aliphatic carbocycles. The van der Waals surface area contributed by atoms with E-state index in [1.165, 1.54) is 6.42 Å². The molecule has 0 spiro atoms. The van der Waals surface area contributed by atoms with Gasteiger partial charge >= 0.3 is 0 Å². The van der Waals surface area contributed by atoms with Gasteiger partial charge in [0.05, 0.1) is 0 Å². The van der Waals surface area contributed by atoms with E-state index in [1.54, 1.807) is 0 Å². The van der Waals surface area contributed by atoms with Crippen molar-refractivity contribution in [3.05, 3.63) is 0 Å². The van der Waals surface area contributed by atoms with E-state index in [4.69, 9.17) is 11.6 Å². The number of hydrogen-bond acceptors (Lipinski definition) is 2. The van der Waals surface area contributed by atoms with Crippen LogP contribution in [0.2, 0.25) is 0 Å². The van der Waals surface area contributed by atoms with E-state index < -0.39 is 0 Å². The van der Waals surface area contributed by atoms with Gasteiger partial charge in [-0.2, -0.15) is 0 Å². The van der Waals surface area contributed by atoms with Gasteiger partial charge in [0.1, 0.15) is 0 Å². The molecule has 96 valence electrons. The Balaban J connectivity index is 2.86. The molecule has 0 radical (unpaired) electrons. The number of halogens is 1. The maximum absolute atomic E-state index is 6.60. The van der Waals surface area contributed by atoms with Gasteiger partial charge in [0.15, 0.2) is 0 Å². The Morgan fingerprint density at radius 3 is 2.31 bits per heavy atom.